The van der Waals surface area contributed by atoms with Gasteiger partial charge in [0.15, 0.2) is 5.82 Å². The molecule has 0 saturated heterocycles. The highest BCUT2D eigenvalue weighted by Gasteiger charge is 2.30. The highest BCUT2D eigenvalue weighted by Crippen LogP contribution is 2.44. The van der Waals surface area contributed by atoms with Crippen LogP contribution in [0.5, 0.6) is 0 Å². The molecule has 11 heteroatoms. The number of carboxylic acid groups (broad SMARTS) is 1. The molecule has 2 amide bonds. The Labute approximate surface area is 198 Å². The third-order valence-electron chi connectivity index (χ3n) is 5.70. The number of hydrogen-bond donors (Lipinski definition) is 3. The van der Waals surface area contributed by atoms with Crippen molar-refractivity contribution in [1.29, 1.82) is 0 Å². The van der Waals surface area contributed by atoms with E-state index in [2.05, 4.69) is 10.4 Å². The van der Waals surface area contributed by atoms with Crippen LogP contribution in [0.1, 0.15) is 34.0 Å². The molecule has 3 N–H and O–H groups in total. The molecular weight excluding hydrogens is 462 g/mol. The van der Waals surface area contributed by atoms with Crippen molar-refractivity contribution in [2.75, 3.05) is 11.9 Å². The zero-order chi connectivity index (χ0) is 25.1. The fourth-order valence-corrected chi connectivity index (χ4v) is 4.11. The van der Waals surface area contributed by atoms with E-state index in [1.165, 1.54) is 13.1 Å². The lowest BCUT2D eigenvalue weighted by atomic mass is 9.98. The first-order chi connectivity index (χ1) is 16.7. The van der Waals surface area contributed by atoms with Crippen molar-refractivity contribution in [2.45, 2.75) is 24.8 Å². The standard InChI is InChI=1S/C24H22F2N4O5/c1-30-19(23(33)27-18(22(25)26)10-21(31)32)11-20(29-30)28-24(34)35-12-17-15-8-4-2-6-13(15)14-7-3-5-9-16(14)17/h2-9,11,17-18,22H,10,12H2,1H3,(H,27,33)(H,31,32)(H,28,29,34). The molecule has 0 spiro atoms. The van der Waals surface area contributed by atoms with Crippen LogP contribution < -0.4 is 10.6 Å². The molecule has 1 aromatic heterocycles. The van der Waals surface area contributed by atoms with Gasteiger partial charge in [0.05, 0.1) is 6.42 Å². The highest BCUT2D eigenvalue weighted by molar-refractivity contribution is 5.95. The predicted octanol–water partition coefficient (Wildman–Crippen LogP) is 3.62. The van der Waals surface area contributed by atoms with E-state index < -0.39 is 36.9 Å². The van der Waals surface area contributed by atoms with Gasteiger partial charge in [0.2, 0.25) is 0 Å². The summed E-state index contributed by atoms with van der Waals surface area (Å²) in [6.45, 7) is 0.0747. The molecule has 1 aliphatic carbocycles. The molecule has 0 saturated carbocycles. The lowest BCUT2D eigenvalue weighted by molar-refractivity contribution is -0.138. The molecular formula is C24H22F2N4O5. The Balaban J connectivity index is 1.40. The largest absolute Gasteiger partial charge is 0.481 e. The maximum absolute atomic E-state index is 13.0. The normalized spacial score (nSPS) is 13.1. The van der Waals surface area contributed by atoms with Gasteiger partial charge < -0.3 is 15.2 Å². The Morgan fingerprint density at radius 2 is 1.69 bits per heavy atom. The summed E-state index contributed by atoms with van der Waals surface area (Å²) in [6.07, 6.45) is -4.80. The third-order valence-corrected chi connectivity index (χ3v) is 5.70. The second-order valence-corrected chi connectivity index (χ2v) is 8.00. The van der Waals surface area contributed by atoms with E-state index in [-0.39, 0.29) is 24.0 Å². The van der Waals surface area contributed by atoms with Crippen LogP contribution in [0, 0.1) is 0 Å². The van der Waals surface area contributed by atoms with Gasteiger partial charge in [0.1, 0.15) is 18.3 Å². The number of aryl methyl sites for hydroxylation is 1. The van der Waals surface area contributed by atoms with Crippen LogP contribution in [0.2, 0.25) is 0 Å². The molecule has 9 nitrogen and oxygen atoms in total. The smallest absolute Gasteiger partial charge is 0.412 e. The van der Waals surface area contributed by atoms with Crippen molar-refractivity contribution in [1.82, 2.24) is 15.1 Å². The minimum atomic E-state index is -3.07. The predicted molar refractivity (Wildman–Crippen MR) is 121 cm³/mol. The van der Waals surface area contributed by atoms with Gasteiger partial charge in [0.25, 0.3) is 12.3 Å². The number of alkyl halides is 2. The molecule has 0 fully saturated rings. The lowest BCUT2D eigenvalue weighted by Crippen LogP contribution is -2.42. The van der Waals surface area contributed by atoms with Crippen molar-refractivity contribution < 1.29 is 33.0 Å². The lowest BCUT2D eigenvalue weighted by Gasteiger charge is -2.15. The Hall–Kier alpha value is -4.28. The summed E-state index contributed by atoms with van der Waals surface area (Å²) < 4.78 is 32.6. The van der Waals surface area contributed by atoms with Gasteiger partial charge >= 0.3 is 12.1 Å². The summed E-state index contributed by atoms with van der Waals surface area (Å²) in [5, 5.41) is 17.1. The number of carboxylic acids is 1. The second-order valence-electron chi connectivity index (χ2n) is 8.00. The van der Waals surface area contributed by atoms with Crippen LogP contribution in [0.15, 0.2) is 54.6 Å². The molecule has 0 radical (unpaired) electrons. The Morgan fingerprint density at radius 3 is 2.26 bits per heavy atom. The molecule has 35 heavy (non-hydrogen) atoms. The van der Waals surface area contributed by atoms with Gasteiger partial charge in [-0.3, -0.25) is 19.6 Å². The number of ether oxygens (including phenoxy) is 1. The summed E-state index contributed by atoms with van der Waals surface area (Å²) in [5.41, 5.74) is 4.13. The number of carbonyl (C=O) groups is 3. The zero-order valence-electron chi connectivity index (χ0n) is 18.6. The fourth-order valence-electron chi connectivity index (χ4n) is 4.11. The third kappa shape index (κ3) is 5.13. The summed E-state index contributed by atoms with van der Waals surface area (Å²) in [6, 6.07) is 15.1. The number of fused-ring (bicyclic) bond motifs is 3. The topological polar surface area (TPSA) is 123 Å². The van der Waals surface area contributed by atoms with E-state index in [1.54, 1.807) is 0 Å². The van der Waals surface area contributed by atoms with Crippen LogP contribution >= 0.6 is 0 Å². The van der Waals surface area contributed by atoms with Gasteiger partial charge in [-0.2, -0.15) is 5.10 Å². The fraction of sp³-hybridized carbons (Fsp3) is 0.250. The number of nitrogens with zero attached hydrogens (tertiary/aromatic N) is 2. The first-order valence-corrected chi connectivity index (χ1v) is 10.7. The Bertz CT molecular complexity index is 1230. The number of amides is 2. The maximum atomic E-state index is 13.0. The number of carbonyl (C=O) groups excluding carboxylic acids is 2. The quantitative estimate of drug-likeness (QED) is 0.449. The zero-order valence-corrected chi connectivity index (χ0v) is 18.6. The van der Waals surface area contributed by atoms with E-state index in [4.69, 9.17) is 9.84 Å². The molecule has 1 heterocycles. The first kappa shape index (κ1) is 23.9. The van der Waals surface area contributed by atoms with E-state index in [0.29, 0.717) is 0 Å². The van der Waals surface area contributed by atoms with E-state index in [9.17, 15) is 23.2 Å². The van der Waals surface area contributed by atoms with Gasteiger partial charge in [-0.25, -0.2) is 13.6 Å². The summed E-state index contributed by atoms with van der Waals surface area (Å²) in [4.78, 5) is 35.5. The minimum absolute atomic E-state index is 0.0262. The number of anilines is 1. The molecule has 1 unspecified atom stereocenters. The number of halogens is 2. The minimum Gasteiger partial charge on any atom is -0.481 e. The number of hydrogen-bond acceptors (Lipinski definition) is 5. The van der Waals surface area contributed by atoms with E-state index in [0.717, 1.165) is 26.9 Å². The number of rotatable bonds is 8. The van der Waals surface area contributed by atoms with Crippen LogP contribution in [0.3, 0.4) is 0 Å². The first-order valence-electron chi connectivity index (χ1n) is 10.7. The molecule has 2 aromatic carbocycles. The molecule has 182 valence electrons. The second kappa shape index (κ2) is 9.92. The van der Waals surface area contributed by atoms with E-state index in [1.807, 2.05) is 53.8 Å². The number of aromatic nitrogens is 2. The monoisotopic (exact) mass is 484 g/mol. The van der Waals surface area contributed by atoms with Crippen molar-refractivity contribution >= 4 is 23.8 Å². The summed E-state index contributed by atoms with van der Waals surface area (Å²) >= 11 is 0. The molecule has 1 aliphatic rings. The van der Waals surface area contributed by atoms with Crippen molar-refractivity contribution in [3.05, 3.63) is 71.4 Å². The summed E-state index contributed by atoms with van der Waals surface area (Å²) in [7, 11) is 1.38. The van der Waals surface area contributed by atoms with E-state index >= 15 is 0 Å². The molecule has 0 bridgehead atoms. The van der Waals surface area contributed by atoms with Crippen molar-refractivity contribution in [2.24, 2.45) is 7.05 Å². The number of aliphatic carboxylic acids is 1. The van der Waals surface area contributed by atoms with Crippen LogP contribution in [-0.4, -0.2) is 51.9 Å². The average molecular weight is 484 g/mol. The number of benzene rings is 2. The number of nitrogens with one attached hydrogen (secondary N) is 2. The maximum Gasteiger partial charge on any atom is 0.412 e. The SMILES string of the molecule is Cn1nc(NC(=O)OCC2c3ccccc3-c3ccccc32)cc1C(=O)NC(CC(=O)O)C(F)F. The van der Waals surface area contributed by atoms with Crippen molar-refractivity contribution in [3.8, 4) is 11.1 Å². The Kier molecular flexibility index (Phi) is 6.76. The molecule has 1 atom stereocenters. The molecule has 0 aliphatic heterocycles. The highest BCUT2D eigenvalue weighted by atomic mass is 19.3. The average Bonchev–Trinajstić information content (AvgIpc) is 3.34. The van der Waals surface area contributed by atoms with Gasteiger partial charge in [-0.1, -0.05) is 48.5 Å². The molecule has 3 aromatic rings. The van der Waals surface area contributed by atoms with Gasteiger partial charge in [-0.05, 0) is 22.3 Å². The van der Waals surface area contributed by atoms with Crippen molar-refractivity contribution in [3.63, 3.8) is 0 Å². The van der Waals surface area contributed by atoms with Crippen LogP contribution in [0.25, 0.3) is 11.1 Å². The molecule has 4 rings (SSSR count). The Morgan fingerprint density at radius 1 is 1.09 bits per heavy atom. The summed E-state index contributed by atoms with van der Waals surface area (Å²) in [5.74, 6) is -2.59. The van der Waals surface area contributed by atoms with Crippen LogP contribution in [-0.2, 0) is 16.6 Å². The van der Waals surface area contributed by atoms with Gasteiger partial charge in [0, 0.05) is 19.0 Å². The van der Waals surface area contributed by atoms with Gasteiger partial charge in [-0.15, -0.1) is 0 Å². The van der Waals surface area contributed by atoms with Crippen LogP contribution in [0.4, 0.5) is 19.4 Å².